The lowest BCUT2D eigenvalue weighted by Crippen LogP contribution is -2.67. The first-order valence-electron chi connectivity index (χ1n) is 10.8. The molecule has 1 fully saturated rings. The zero-order valence-electron chi connectivity index (χ0n) is 19.1. The summed E-state index contributed by atoms with van der Waals surface area (Å²) < 4.78 is 18.5. The quantitative estimate of drug-likeness (QED) is 0.683. The van der Waals surface area contributed by atoms with Crippen molar-refractivity contribution in [2.45, 2.75) is 64.6 Å². The van der Waals surface area contributed by atoms with E-state index >= 15 is 0 Å². The molecule has 2 aromatic rings. The van der Waals surface area contributed by atoms with Gasteiger partial charge in [0.25, 0.3) is 8.32 Å². The van der Waals surface area contributed by atoms with Crippen LogP contribution in [0, 0.1) is 5.92 Å². The summed E-state index contributed by atoms with van der Waals surface area (Å²) in [7, 11) is -2.66. The number of hydrogen-bond donors (Lipinski definition) is 1. The van der Waals surface area contributed by atoms with Crippen LogP contribution in [0.5, 0.6) is 0 Å². The third kappa shape index (κ3) is 4.71. The highest BCUT2D eigenvalue weighted by Gasteiger charge is 2.50. The van der Waals surface area contributed by atoms with Gasteiger partial charge < -0.3 is 19.0 Å². The first-order valence-corrected chi connectivity index (χ1v) is 12.7. The molecule has 0 bridgehead atoms. The van der Waals surface area contributed by atoms with Gasteiger partial charge in [-0.05, 0) is 29.3 Å². The van der Waals surface area contributed by atoms with Crippen molar-refractivity contribution in [3.8, 4) is 0 Å². The standard InChI is InChI=1S/C25H36O4Si/c1-19(23-18-27-25(5,6)29-23)22(26)17-28-30(24(2,3)4,20-13-9-7-10-14-20)21-15-11-8-12-16-21/h7-16,19,22-23,26H,17-18H2,1-6H3/t19-,22-,23+/m0/s1. The normalized spacial score (nSPS) is 21.4. The fourth-order valence-corrected chi connectivity index (χ4v) is 8.92. The Balaban J connectivity index is 1.90. The molecule has 3 atom stereocenters. The molecule has 1 saturated heterocycles. The van der Waals surface area contributed by atoms with Gasteiger partial charge in [0.05, 0.1) is 25.4 Å². The van der Waals surface area contributed by atoms with Crippen molar-refractivity contribution in [3.05, 3.63) is 60.7 Å². The summed E-state index contributed by atoms with van der Waals surface area (Å²) in [4.78, 5) is 0. The summed E-state index contributed by atoms with van der Waals surface area (Å²) in [6, 6.07) is 21.0. The monoisotopic (exact) mass is 428 g/mol. The Morgan fingerprint density at radius 3 is 1.93 bits per heavy atom. The van der Waals surface area contributed by atoms with Gasteiger partial charge in [-0.3, -0.25) is 0 Å². The van der Waals surface area contributed by atoms with E-state index in [1.165, 1.54) is 10.4 Å². The fourth-order valence-electron chi connectivity index (χ4n) is 4.35. The van der Waals surface area contributed by atoms with Crippen molar-refractivity contribution >= 4 is 18.7 Å². The molecule has 164 valence electrons. The Kier molecular flexibility index (Phi) is 6.90. The molecule has 5 heteroatoms. The van der Waals surface area contributed by atoms with Gasteiger partial charge in [0.15, 0.2) is 5.79 Å². The van der Waals surface area contributed by atoms with Crippen LogP contribution in [0.1, 0.15) is 41.5 Å². The van der Waals surface area contributed by atoms with Gasteiger partial charge in [-0.1, -0.05) is 88.4 Å². The Morgan fingerprint density at radius 1 is 1.03 bits per heavy atom. The van der Waals surface area contributed by atoms with E-state index in [0.29, 0.717) is 6.61 Å². The molecule has 3 rings (SSSR count). The third-order valence-electron chi connectivity index (χ3n) is 6.11. The molecule has 0 saturated carbocycles. The first-order chi connectivity index (χ1) is 14.1. The van der Waals surface area contributed by atoms with Crippen LogP contribution in [0.15, 0.2) is 60.7 Å². The lowest BCUT2D eigenvalue weighted by molar-refractivity contribution is -0.149. The largest absolute Gasteiger partial charge is 0.405 e. The van der Waals surface area contributed by atoms with Crippen molar-refractivity contribution in [1.29, 1.82) is 0 Å². The van der Waals surface area contributed by atoms with Gasteiger partial charge in [-0.2, -0.15) is 0 Å². The molecule has 0 radical (unpaired) electrons. The second-order valence-electron chi connectivity index (χ2n) is 9.77. The van der Waals surface area contributed by atoms with Crippen molar-refractivity contribution < 1.29 is 19.0 Å². The molecule has 1 aliphatic heterocycles. The predicted octanol–water partition coefficient (Wildman–Crippen LogP) is 3.71. The lowest BCUT2D eigenvalue weighted by Gasteiger charge is -2.43. The maximum atomic E-state index is 11.0. The molecule has 1 N–H and O–H groups in total. The third-order valence-corrected chi connectivity index (χ3v) is 11.1. The van der Waals surface area contributed by atoms with E-state index in [0.717, 1.165) is 0 Å². The van der Waals surface area contributed by atoms with Gasteiger partial charge in [-0.15, -0.1) is 0 Å². The number of aliphatic hydroxyl groups is 1. The van der Waals surface area contributed by atoms with Crippen LogP contribution in [0.4, 0.5) is 0 Å². The van der Waals surface area contributed by atoms with E-state index in [-0.39, 0.29) is 23.7 Å². The summed E-state index contributed by atoms with van der Waals surface area (Å²) >= 11 is 0. The minimum Gasteiger partial charge on any atom is -0.405 e. The Morgan fingerprint density at radius 2 is 1.53 bits per heavy atom. The SMILES string of the molecule is C[C@@H]([C@@H](O)CO[Si](c1ccccc1)(c1ccccc1)C(C)(C)C)[C@H]1COC(C)(C)O1. The first kappa shape index (κ1) is 23.2. The summed E-state index contributed by atoms with van der Waals surface area (Å²) in [5.41, 5.74) is 0. The Hall–Kier alpha value is -1.50. The lowest BCUT2D eigenvalue weighted by atomic mass is 9.99. The maximum Gasteiger partial charge on any atom is 0.261 e. The van der Waals surface area contributed by atoms with E-state index in [2.05, 4.69) is 69.3 Å². The molecule has 2 aromatic carbocycles. The van der Waals surface area contributed by atoms with Crippen LogP contribution in [0.3, 0.4) is 0 Å². The summed E-state index contributed by atoms with van der Waals surface area (Å²) in [6.45, 7) is 13.3. The molecule has 4 nitrogen and oxygen atoms in total. The molecular weight excluding hydrogens is 392 g/mol. The van der Waals surface area contributed by atoms with E-state index in [1.807, 2.05) is 32.9 Å². The van der Waals surface area contributed by atoms with Gasteiger partial charge in [-0.25, -0.2) is 0 Å². The number of ether oxygens (including phenoxy) is 2. The highest BCUT2D eigenvalue weighted by molar-refractivity contribution is 6.99. The fraction of sp³-hybridized carbons (Fsp3) is 0.520. The molecular formula is C25H36O4Si. The number of benzene rings is 2. The number of hydrogen-bond acceptors (Lipinski definition) is 4. The summed E-state index contributed by atoms with van der Waals surface area (Å²) in [5.74, 6) is -0.692. The second kappa shape index (κ2) is 8.93. The molecule has 0 aromatic heterocycles. The Labute approximate surface area is 182 Å². The number of rotatable bonds is 7. The minimum atomic E-state index is -2.66. The molecule has 1 aliphatic rings. The van der Waals surface area contributed by atoms with Crippen LogP contribution in [0.2, 0.25) is 5.04 Å². The zero-order valence-corrected chi connectivity index (χ0v) is 20.1. The van der Waals surface area contributed by atoms with Crippen LogP contribution < -0.4 is 10.4 Å². The van der Waals surface area contributed by atoms with Crippen LogP contribution in [0.25, 0.3) is 0 Å². The maximum absolute atomic E-state index is 11.0. The van der Waals surface area contributed by atoms with Gasteiger partial charge in [0.2, 0.25) is 0 Å². The van der Waals surface area contributed by atoms with Crippen molar-refractivity contribution in [1.82, 2.24) is 0 Å². The molecule has 1 heterocycles. The van der Waals surface area contributed by atoms with E-state index in [1.54, 1.807) is 0 Å². The van der Waals surface area contributed by atoms with E-state index in [9.17, 15) is 5.11 Å². The van der Waals surface area contributed by atoms with E-state index in [4.69, 9.17) is 13.9 Å². The molecule has 30 heavy (non-hydrogen) atoms. The smallest absolute Gasteiger partial charge is 0.261 e. The van der Waals surface area contributed by atoms with E-state index < -0.39 is 20.2 Å². The number of aliphatic hydroxyl groups excluding tert-OH is 1. The van der Waals surface area contributed by atoms with Crippen LogP contribution >= 0.6 is 0 Å². The van der Waals surface area contributed by atoms with Crippen molar-refractivity contribution in [2.75, 3.05) is 13.2 Å². The highest BCUT2D eigenvalue weighted by Crippen LogP contribution is 2.37. The molecule has 0 spiro atoms. The average Bonchev–Trinajstić information content (AvgIpc) is 3.08. The zero-order chi connectivity index (χ0) is 22.0. The average molecular weight is 429 g/mol. The van der Waals surface area contributed by atoms with Gasteiger partial charge in [0.1, 0.15) is 0 Å². The molecule has 0 amide bonds. The molecule has 0 aliphatic carbocycles. The van der Waals surface area contributed by atoms with Crippen molar-refractivity contribution in [2.24, 2.45) is 5.92 Å². The summed E-state index contributed by atoms with van der Waals surface area (Å²) in [5, 5.41) is 13.3. The van der Waals surface area contributed by atoms with Gasteiger partial charge in [0, 0.05) is 5.92 Å². The van der Waals surface area contributed by atoms with Crippen LogP contribution in [-0.4, -0.2) is 44.6 Å². The van der Waals surface area contributed by atoms with Crippen LogP contribution in [-0.2, 0) is 13.9 Å². The minimum absolute atomic E-state index is 0.0926. The van der Waals surface area contributed by atoms with Crippen molar-refractivity contribution in [3.63, 3.8) is 0 Å². The van der Waals surface area contributed by atoms with Gasteiger partial charge >= 0.3 is 0 Å². The highest BCUT2D eigenvalue weighted by atomic mass is 28.4. The Bertz CT molecular complexity index is 761. The predicted molar refractivity (Wildman–Crippen MR) is 124 cm³/mol. The second-order valence-corrected chi connectivity index (χ2v) is 14.1. The topological polar surface area (TPSA) is 47.9 Å². The summed E-state index contributed by atoms with van der Waals surface area (Å²) in [6.07, 6.45) is -0.785. The molecule has 0 unspecified atom stereocenters.